The normalized spacial score (nSPS) is 10.5. The van der Waals surface area contributed by atoms with Crippen molar-refractivity contribution in [1.82, 2.24) is 0 Å². The predicted octanol–water partition coefficient (Wildman–Crippen LogP) is 7.15. The highest BCUT2D eigenvalue weighted by Crippen LogP contribution is 2.19. The first-order valence-electron chi connectivity index (χ1n) is 10.6. The molecule has 0 saturated heterocycles. The molecule has 3 aromatic rings. The summed E-state index contributed by atoms with van der Waals surface area (Å²) in [6.07, 6.45) is 7.22. The van der Waals surface area contributed by atoms with Gasteiger partial charge in [0.25, 0.3) is 0 Å². The van der Waals surface area contributed by atoms with Crippen LogP contribution in [0.15, 0.2) is 60.7 Å². The fourth-order valence-electron chi connectivity index (χ4n) is 3.31. The summed E-state index contributed by atoms with van der Waals surface area (Å²) >= 11 is 0. The van der Waals surface area contributed by atoms with E-state index in [1.807, 2.05) is 24.3 Å². The fourth-order valence-corrected chi connectivity index (χ4v) is 3.31. The van der Waals surface area contributed by atoms with Crippen LogP contribution in [0.1, 0.15) is 62.6 Å². The van der Waals surface area contributed by atoms with Gasteiger partial charge < -0.3 is 4.74 Å². The Balaban J connectivity index is 1.62. The Labute approximate surface area is 169 Å². The second kappa shape index (κ2) is 10.6. The molecule has 3 rings (SSSR count). The molecule has 0 radical (unpaired) electrons. The van der Waals surface area contributed by atoms with Gasteiger partial charge in [0.2, 0.25) is 0 Å². The Morgan fingerprint density at radius 2 is 1.39 bits per heavy atom. The minimum Gasteiger partial charge on any atom is -0.494 e. The summed E-state index contributed by atoms with van der Waals surface area (Å²) in [6, 6.07) is 21.3. The van der Waals surface area contributed by atoms with E-state index in [4.69, 9.17) is 4.74 Å². The van der Waals surface area contributed by atoms with Gasteiger partial charge in [-0.1, -0.05) is 75.6 Å². The number of unbranched alkanes of at least 4 members (excludes halogenated alkanes) is 3. The van der Waals surface area contributed by atoms with Gasteiger partial charge in [0.05, 0.1) is 6.61 Å². The minimum atomic E-state index is 0.794. The van der Waals surface area contributed by atoms with Crippen LogP contribution < -0.4 is 4.74 Å². The number of hydrogen-bond donors (Lipinski definition) is 0. The van der Waals surface area contributed by atoms with Crippen LogP contribution in [0.4, 0.5) is 0 Å². The van der Waals surface area contributed by atoms with Gasteiger partial charge in [-0.05, 0) is 65.6 Å². The van der Waals surface area contributed by atoms with Crippen molar-refractivity contribution in [3.63, 3.8) is 0 Å². The van der Waals surface area contributed by atoms with Crippen LogP contribution in [0.25, 0.3) is 10.8 Å². The molecular formula is C27H30O. The van der Waals surface area contributed by atoms with E-state index in [1.54, 1.807) is 0 Å². The zero-order valence-electron chi connectivity index (χ0n) is 17.1. The number of ether oxygens (including phenoxy) is 1. The zero-order chi connectivity index (χ0) is 19.6. The van der Waals surface area contributed by atoms with Gasteiger partial charge in [-0.3, -0.25) is 0 Å². The van der Waals surface area contributed by atoms with Crippen molar-refractivity contribution in [1.29, 1.82) is 0 Å². The second-order valence-corrected chi connectivity index (χ2v) is 7.33. The summed E-state index contributed by atoms with van der Waals surface area (Å²) in [5.41, 5.74) is 3.46. The van der Waals surface area contributed by atoms with Crippen LogP contribution in [0.2, 0.25) is 0 Å². The molecule has 0 aliphatic rings. The SMILES string of the molecule is CCCCCCOc1ccc(C#Cc2ccc3cc(CCC)ccc3c2)cc1. The van der Waals surface area contributed by atoms with Crippen molar-refractivity contribution in [3.05, 3.63) is 77.4 Å². The Hall–Kier alpha value is -2.72. The molecule has 0 fully saturated rings. The summed E-state index contributed by atoms with van der Waals surface area (Å²) in [6.45, 7) is 5.24. The Bertz CT molecular complexity index is 941. The number of benzene rings is 3. The van der Waals surface area contributed by atoms with E-state index in [-0.39, 0.29) is 0 Å². The summed E-state index contributed by atoms with van der Waals surface area (Å²) in [7, 11) is 0. The van der Waals surface area contributed by atoms with Gasteiger partial charge in [-0.15, -0.1) is 0 Å². The van der Waals surface area contributed by atoms with Crippen LogP contribution in [-0.2, 0) is 6.42 Å². The van der Waals surface area contributed by atoms with E-state index in [1.165, 1.54) is 42.0 Å². The van der Waals surface area contributed by atoms with Crippen molar-refractivity contribution in [2.45, 2.75) is 52.4 Å². The average molecular weight is 371 g/mol. The molecule has 144 valence electrons. The number of rotatable bonds is 8. The number of hydrogen-bond acceptors (Lipinski definition) is 1. The fraction of sp³-hybridized carbons (Fsp3) is 0.333. The lowest BCUT2D eigenvalue weighted by Gasteiger charge is -2.05. The first-order chi connectivity index (χ1) is 13.8. The third-order valence-electron chi connectivity index (χ3n) is 4.92. The monoisotopic (exact) mass is 370 g/mol. The molecular weight excluding hydrogens is 340 g/mol. The average Bonchev–Trinajstić information content (AvgIpc) is 2.73. The molecule has 0 N–H and O–H groups in total. The van der Waals surface area contributed by atoms with Crippen LogP contribution in [0.5, 0.6) is 5.75 Å². The Morgan fingerprint density at radius 1 is 0.679 bits per heavy atom. The number of aryl methyl sites for hydroxylation is 1. The molecule has 1 heteroatoms. The van der Waals surface area contributed by atoms with Crippen molar-refractivity contribution in [3.8, 4) is 17.6 Å². The molecule has 0 aromatic heterocycles. The van der Waals surface area contributed by atoms with Gasteiger partial charge in [0, 0.05) is 11.1 Å². The summed E-state index contributed by atoms with van der Waals surface area (Å²) in [5, 5.41) is 2.54. The standard InChI is InChI=1S/C27H30O/c1-3-5-6-7-19-28-27-17-13-22(14-18-27)9-10-24-12-16-25-20-23(8-4-2)11-15-26(25)21-24/h11-18,20-21H,3-8,19H2,1-2H3. The van der Waals surface area contributed by atoms with E-state index < -0.39 is 0 Å². The maximum atomic E-state index is 5.80. The summed E-state index contributed by atoms with van der Waals surface area (Å²) in [4.78, 5) is 0. The Morgan fingerprint density at radius 3 is 2.18 bits per heavy atom. The highest BCUT2D eigenvalue weighted by atomic mass is 16.5. The van der Waals surface area contributed by atoms with E-state index in [0.29, 0.717) is 0 Å². The van der Waals surface area contributed by atoms with Crippen molar-refractivity contribution >= 4 is 10.8 Å². The molecule has 0 aliphatic heterocycles. The predicted molar refractivity (Wildman–Crippen MR) is 120 cm³/mol. The lowest BCUT2D eigenvalue weighted by molar-refractivity contribution is 0.305. The molecule has 0 atom stereocenters. The van der Waals surface area contributed by atoms with Gasteiger partial charge in [0.1, 0.15) is 5.75 Å². The van der Waals surface area contributed by atoms with Crippen molar-refractivity contribution in [2.75, 3.05) is 6.61 Å². The molecule has 3 aromatic carbocycles. The van der Waals surface area contributed by atoms with Crippen LogP contribution in [0.3, 0.4) is 0 Å². The lowest BCUT2D eigenvalue weighted by Crippen LogP contribution is -1.96. The molecule has 0 spiro atoms. The largest absolute Gasteiger partial charge is 0.494 e. The molecule has 0 amide bonds. The minimum absolute atomic E-state index is 0.794. The highest BCUT2D eigenvalue weighted by molar-refractivity contribution is 5.84. The highest BCUT2D eigenvalue weighted by Gasteiger charge is 1.98. The topological polar surface area (TPSA) is 9.23 Å². The number of fused-ring (bicyclic) bond motifs is 1. The third kappa shape index (κ3) is 5.89. The van der Waals surface area contributed by atoms with Gasteiger partial charge in [-0.25, -0.2) is 0 Å². The molecule has 0 aliphatic carbocycles. The molecule has 28 heavy (non-hydrogen) atoms. The lowest BCUT2D eigenvalue weighted by atomic mass is 10.0. The maximum absolute atomic E-state index is 5.80. The maximum Gasteiger partial charge on any atom is 0.119 e. The first-order valence-corrected chi connectivity index (χ1v) is 10.6. The first kappa shape index (κ1) is 20.0. The van der Waals surface area contributed by atoms with Crippen molar-refractivity contribution in [2.24, 2.45) is 0 Å². The molecule has 1 nitrogen and oxygen atoms in total. The third-order valence-corrected chi connectivity index (χ3v) is 4.92. The van der Waals surface area contributed by atoms with Crippen LogP contribution >= 0.6 is 0 Å². The second-order valence-electron chi connectivity index (χ2n) is 7.33. The molecule has 0 heterocycles. The van der Waals surface area contributed by atoms with Gasteiger partial charge in [0.15, 0.2) is 0 Å². The quantitative estimate of drug-likeness (QED) is 0.302. The molecule has 0 saturated carbocycles. The molecule has 0 bridgehead atoms. The smallest absolute Gasteiger partial charge is 0.119 e. The van der Waals surface area contributed by atoms with Gasteiger partial charge in [-0.2, -0.15) is 0 Å². The Kier molecular flexibility index (Phi) is 7.56. The molecule has 0 unspecified atom stereocenters. The van der Waals surface area contributed by atoms with E-state index >= 15 is 0 Å². The van der Waals surface area contributed by atoms with Crippen molar-refractivity contribution < 1.29 is 4.74 Å². The summed E-state index contributed by atoms with van der Waals surface area (Å²) < 4.78 is 5.80. The summed E-state index contributed by atoms with van der Waals surface area (Å²) in [5.74, 6) is 7.48. The van der Waals surface area contributed by atoms with E-state index in [2.05, 4.69) is 62.1 Å². The van der Waals surface area contributed by atoms with Crippen LogP contribution in [0, 0.1) is 11.8 Å². The zero-order valence-corrected chi connectivity index (χ0v) is 17.1. The van der Waals surface area contributed by atoms with Gasteiger partial charge >= 0.3 is 0 Å². The van der Waals surface area contributed by atoms with Crippen LogP contribution in [-0.4, -0.2) is 6.61 Å². The van der Waals surface area contributed by atoms with E-state index in [9.17, 15) is 0 Å². The van der Waals surface area contributed by atoms with E-state index in [0.717, 1.165) is 36.3 Å².